The van der Waals surface area contributed by atoms with E-state index in [9.17, 15) is 8.78 Å². The highest BCUT2D eigenvalue weighted by Crippen LogP contribution is 2.37. The number of benzene rings is 2. The minimum Gasteiger partial charge on any atom is -0.310 e. The number of halogens is 2. The second-order valence-electron chi connectivity index (χ2n) is 5.98. The standard InChI is InChI=1S/C19H15F2N/c1-11-3-5-17-14(7-11)15-8-12(2)9-19(15)22(17)18-6-4-13(20)10-16(18)21/h3-8,10H,9H2,1-2H3. The highest BCUT2D eigenvalue weighted by molar-refractivity contribution is 5.95. The molecular formula is C19H15F2N. The molecule has 0 N–H and O–H groups in total. The van der Waals surface area contributed by atoms with Gasteiger partial charge in [0.15, 0.2) is 0 Å². The summed E-state index contributed by atoms with van der Waals surface area (Å²) < 4.78 is 29.5. The predicted octanol–water partition coefficient (Wildman–Crippen LogP) is 5.18. The third-order valence-electron chi connectivity index (χ3n) is 4.25. The van der Waals surface area contributed by atoms with Crippen molar-refractivity contribution in [2.75, 3.05) is 0 Å². The van der Waals surface area contributed by atoms with Crippen LogP contribution in [0.1, 0.15) is 23.7 Å². The minimum atomic E-state index is -0.556. The molecule has 0 fully saturated rings. The summed E-state index contributed by atoms with van der Waals surface area (Å²) in [7, 11) is 0. The van der Waals surface area contributed by atoms with E-state index < -0.39 is 11.6 Å². The number of allylic oxidation sites excluding steroid dienone is 1. The first-order chi connectivity index (χ1) is 10.5. The second kappa shape index (κ2) is 4.54. The van der Waals surface area contributed by atoms with Crippen molar-refractivity contribution < 1.29 is 8.78 Å². The molecule has 0 bridgehead atoms. The van der Waals surface area contributed by atoms with E-state index in [-0.39, 0.29) is 0 Å². The topological polar surface area (TPSA) is 4.93 Å². The Hall–Kier alpha value is -2.42. The molecule has 3 heteroatoms. The number of aryl methyl sites for hydroxylation is 1. The first kappa shape index (κ1) is 13.3. The van der Waals surface area contributed by atoms with Crippen molar-refractivity contribution >= 4 is 17.0 Å². The van der Waals surface area contributed by atoms with Crippen LogP contribution in [0.4, 0.5) is 8.78 Å². The van der Waals surface area contributed by atoms with Crippen LogP contribution in [-0.2, 0) is 6.42 Å². The number of aromatic nitrogens is 1. The van der Waals surface area contributed by atoms with Gasteiger partial charge in [-0.3, -0.25) is 0 Å². The molecule has 2 aromatic carbocycles. The Labute approximate surface area is 127 Å². The van der Waals surface area contributed by atoms with Crippen LogP contribution in [-0.4, -0.2) is 4.57 Å². The van der Waals surface area contributed by atoms with Crippen molar-refractivity contribution in [1.82, 2.24) is 4.57 Å². The lowest BCUT2D eigenvalue weighted by Gasteiger charge is -2.11. The summed E-state index contributed by atoms with van der Waals surface area (Å²) in [6.45, 7) is 4.13. The molecular weight excluding hydrogens is 280 g/mol. The third-order valence-corrected chi connectivity index (χ3v) is 4.25. The molecule has 3 aromatic rings. The molecule has 22 heavy (non-hydrogen) atoms. The maximum absolute atomic E-state index is 14.3. The summed E-state index contributed by atoms with van der Waals surface area (Å²) in [5.41, 5.74) is 6.02. The summed E-state index contributed by atoms with van der Waals surface area (Å²) >= 11 is 0. The van der Waals surface area contributed by atoms with E-state index in [1.165, 1.54) is 23.3 Å². The third kappa shape index (κ3) is 1.82. The number of hydrogen-bond acceptors (Lipinski definition) is 0. The van der Waals surface area contributed by atoms with Gasteiger partial charge in [-0.25, -0.2) is 8.78 Å². The predicted molar refractivity (Wildman–Crippen MR) is 85.3 cm³/mol. The summed E-state index contributed by atoms with van der Waals surface area (Å²) in [6, 6.07) is 9.91. The molecule has 0 saturated heterocycles. The monoisotopic (exact) mass is 295 g/mol. The molecule has 1 aliphatic carbocycles. The molecule has 0 aliphatic heterocycles. The largest absolute Gasteiger partial charge is 0.310 e. The van der Waals surface area contributed by atoms with Crippen molar-refractivity contribution in [1.29, 1.82) is 0 Å². The van der Waals surface area contributed by atoms with Gasteiger partial charge in [-0.15, -0.1) is 0 Å². The molecule has 1 aromatic heterocycles. The molecule has 0 unspecified atom stereocenters. The van der Waals surface area contributed by atoms with Crippen LogP contribution in [0.15, 0.2) is 42.0 Å². The fourth-order valence-corrected chi connectivity index (χ4v) is 3.32. The summed E-state index contributed by atoms with van der Waals surface area (Å²) in [5.74, 6) is -1.09. The molecule has 0 radical (unpaired) electrons. The van der Waals surface area contributed by atoms with Gasteiger partial charge in [0.2, 0.25) is 0 Å². The average Bonchev–Trinajstić information content (AvgIpc) is 2.95. The van der Waals surface area contributed by atoms with Gasteiger partial charge in [-0.2, -0.15) is 0 Å². The molecule has 0 spiro atoms. The van der Waals surface area contributed by atoms with Crippen molar-refractivity contribution in [2.24, 2.45) is 0 Å². The molecule has 4 rings (SSSR count). The van der Waals surface area contributed by atoms with Gasteiger partial charge in [0.25, 0.3) is 0 Å². The van der Waals surface area contributed by atoms with E-state index in [0.29, 0.717) is 5.69 Å². The smallest absolute Gasteiger partial charge is 0.150 e. The van der Waals surface area contributed by atoms with Crippen LogP contribution in [0.25, 0.3) is 22.7 Å². The quantitative estimate of drug-likeness (QED) is 0.583. The summed E-state index contributed by atoms with van der Waals surface area (Å²) in [5, 5.41) is 1.12. The van der Waals surface area contributed by atoms with Gasteiger partial charge in [-0.1, -0.05) is 23.3 Å². The van der Waals surface area contributed by atoms with E-state index >= 15 is 0 Å². The lowest BCUT2D eigenvalue weighted by atomic mass is 10.1. The SMILES string of the molecule is CC1=Cc2c(n(-c3ccc(F)cc3F)c3ccc(C)cc23)C1. The molecule has 110 valence electrons. The molecule has 1 aliphatic rings. The lowest BCUT2D eigenvalue weighted by molar-refractivity contribution is 0.578. The van der Waals surface area contributed by atoms with E-state index in [2.05, 4.69) is 19.1 Å². The van der Waals surface area contributed by atoms with Crippen molar-refractivity contribution in [2.45, 2.75) is 20.3 Å². The Kier molecular flexibility index (Phi) is 2.73. The molecule has 1 nitrogen and oxygen atoms in total. The minimum absolute atomic E-state index is 0.402. The number of nitrogens with zero attached hydrogens (tertiary/aromatic N) is 1. The molecule has 1 heterocycles. The van der Waals surface area contributed by atoms with Crippen LogP contribution in [0, 0.1) is 18.6 Å². The zero-order valence-corrected chi connectivity index (χ0v) is 12.5. The van der Waals surface area contributed by atoms with Gasteiger partial charge in [0, 0.05) is 29.1 Å². The zero-order chi connectivity index (χ0) is 15.4. The van der Waals surface area contributed by atoms with E-state index in [1.807, 2.05) is 23.6 Å². The Morgan fingerprint density at radius 2 is 1.82 bits per heavy atom. The van der Waals surface area contributed by atoms with Gasteiger partial charge in [-0.05, 0) is 38.1 Å². The zero-order valence-electron chi connectivity index (χ0n) is 12.5. The number of hydrogen-bond donors (Lipinski definition) is 0. The highest BCUT2D eigenvalue weighted by atomic mass is 19.1. The van der Waals surface area contributed by atoms with Crippen LogP contribution >= 0.6 is 0 Å². The molecule has 0 amide bonds. The second-order valence-corrected chi connectivity index (χ2v) is 5.98. The maximum Gasteiger partial charge on any atom is 0.150 e. The Morgan fingerprint density at radius 3 is 2.59 bits per heavy atom. The fraction of sp³-hybridized carbons (Fsp3) is 0.158. The lowest BCUT2D eigenvalue weighted by Crippen LogP contribution is -2.03. The fourth-order valence-electron chi connectivity index (χ4n) is 3.32. The van der Waals surface area contributed by atoms with Crippen molar-refractivity contribution in [3.63, 3.8) is 0 Å². The Bertz CT molecular complexity index is 948. The van der Waals surface area contributed by atoms with Crippen molar-refractivity contribution in [3.8, 4) is 5.69 Å². The first-order valence-corrected chi connectivity index (χ1v) is 7.31. The van der Waals surface area contributed by atoms with Gasteiger partial charge in [0.1, 0.15) is 11.6 Å². The van der Waals surface area contributed by atoms with Crippen molar-refractivity contribution in [3.05, 3.63) is 70.4 Å². The normalized spacial score (nSPS) is 13.5. The van der Waals surface area contributed by atoms with Crippen LogP contribution < -0.4 is 0 Å². The van der Waals surface area contributed by atoms with Crippen LogP contribution in [0.5, 0.6) is 0 Å². The molecule has 0 atom stereocenters. The molecule has 0 saturated carbocycles. The summed E-state index contributed by atoms with van der Waals surface area (Å²) in [6.07, 6.45) is 2.95. The highest BCUT2D eigenvalue weighted by Gasteiger charge is 2.23. The Balaban J connectivity index is 2.10. The summed E-state index contributed by atoms with van der Waals surface area (Å²) in [4.78, 5) is 0. The average molecular weight is 295 g/mol. The van der Waals surface area contributed by atoms with Crippen LogP contribution in [0.2, 0.25) is 0 Å². The van der Waals surface area contributed by atoms with E-state index in [0.717, 1.165) is 34.6 Å². The Morgan fingerprint density at radius 1 is 1.00 bits per heavy atom. The maximum atomic E-state index is 14.3. The van der Waals surface area contributed by atoms with Gasteiger partial charge >= 0.3 is 0 Å². The van der Waals surface area contributed by atoms with E-state index in [4.69, 9.17) is 0 Å². The number of fused-ring (bicyclic) bond motifs is 3. The first-order valence-electron chi connectivity index (χ1n) is 7.31. The van der Waals surface area contributed by atoms with Gasteiger partial charge in [0.05, 0.1) is 11.2 Å². The van der Waals surface area contributed by atoms with E-state index in [1.54, 1.807) is 0 Å². The number of rotatable bonds is 1. The van der Waals surface area contributed by atoms with Gasteiger partial charge < -0.3 is 4.57 Å². The van der Waals surface area contributed by atoms with Crippen LogP contribution in [0.3, 0.4) is 0 Å².